The van der Waals surface area contributed by atoms with E-state index in [9.17, 15) is 4.79 Å². The Morgan fingerprint density at radius 2 is 2.03 bits per heavy atom. The van der Waals surface area contributed by atoms with Crippen LogP contribution in [0, 0.1) is 0 Å². The Morgan fingerprint density at radius 1 is 1.17 bits per heavy atom. The number of thiophene rings is 1. The van der Waals surface area contributed by atoms with Gasteiger partial charge in [0.15, 0.2) is 5.82 Å². The maximum absolute atomic E-state index is 12.7. The number of nitrogens with one attached hydrogen (secondary N) is 1. The van der Waals surface area contributed by atoms with Gasteiger partial charge >= 0.3 is 0 Å². The Labute approximate surface area is 177 Å². The van der Waals surface area contributed by atoms with Crippen molar-refractivity contribution in [1.29, 1.82) is 0 Å². The fraction of sp³-hybridized carbons (Fsp3) is 0.238. The standard InChI is InChI=1S/C21H21N5OS2/c1-21(2,3)16-12-18(26(25-16)17-8-4-5-9-22-17)24-19(27)11-14-13-29-20(23-14)15-7-6-10-28-15/h4-10,12-13H,11H2,1-3H3,(H,24,27). The third-order valence-electron chi connectivity index (χ3n) is 4.24. The molecule has 0 aliphatic rings. The normalized spacial score (nSPS) is 11.6. The van der Waals surface area contributed by atoms with Crippen LogP contribution in [0.1, 0.15) is 32.2 Å². The number of anilines is 1. The van der Waals surface area contributed by atoms with Crippen LogP contribution in [-0.2, 0) is 16.6 Å². The number of carbonyl (C=O) groups excluding carboxylic acids is 1. The molecule has 0 bridgehead atoms. The van der Waals surface area contributed by atoms with Crippen LogP contribution in [0.5, 0.6) is 0 Å². The van der Waals surface area contributed by atoms with Crippen LogP contribution in [0.2, 0.25) is 0 Å². The SMILES string of the molecule is CC(C)(C)c1cc(NC(=O)Cc2csc(-c3cccs3)n2)n(-c2ccccn2)n1. The number of nitrogens with zero attached hydrogens (tertiary/aromatic N) is 4. The highest BCUT2D eigenvalue weighted by Crippen LogP contribution is 2.28. The first kappa shape index (κ1) is 19.5. The fourth-order valence-electron chi connectivity index (χ4n) is 2.74. The zero-order valence-corrected chi connectivity index (χ0v) is 18.0. The zero-order valence-electron chi connectivity index (χ0n) is 16.4. The Bertz CT molecular complexity index is 1110. The van der Waals surface area contributed by atoms with Gasteiger partial charge in [0, 0.05) is 23.1 Å². The third-order valence-corrected chi connectivity index (χ3v) is 6.17. The predicted molar refractivity (Wildman–Crippen MR) is 118 cm³/mol. The molecule has 6 nitrogen and oxygen atoms in total. The molecule has 0 atom stereocenters. The van der Waals surface area contributed by atoms with Crippen molar-refractivity contribution in [3.63, 3.8) is 0 Å². The fourth-order valence-corrected chi connectivity index (χ4v) is 4.38. The Morgan fingerprint density at radius 3 is 2.72 bits per heavy atom. The van der Waals surface area contributed by atoms with Gasteiger partial charge in [-0.25, -0.2) is 9.97 Å². The summed E-state index contributed by atoms with van der Waals surface area (Å²) in [6.07, 6.45) is 1.92. The van der Waals surface area contributed by atoms with Gasteiger partial charge in [0.05, 0.1) is 22.7 Å². The number of hydrogen-bond acceptors (Lipinski definition) is 6. The molecule has 0 unspecified atom stereocenters. The van der Waals surface area contributed by atoms with Crippen molar-refractivity contribution < 1.29 is 4.79 Å². The first-order valence-corrected chi connectivity index (χ1v) is 11.0. The largest absolute Gasteiger partial charge is 0.310 e. The molecule has 4 heterocycles. The maximum Gasteiger partial charge on any atom is 0.231 e. The molecule has 4 aromatic heterocycles. The van der Waals surface area contributed by atoms with Crippen LogP contribution >= 0.6 is 22.7 Å². The molecular weight excluding hydrogens is 402 g/mol. The first-order valence-electron chi connectivity index (χ1n) is 9.20. The van der Waals surface area contributed by atoms with E-state index in [0.717, 1.165) is 21.3 Å². The molecule has 1 amide bonds. The lowest BCUT2D eigenvalue weighted by atomic mass is 9.92. The number of rotatable bonds is 5. The Kier molecular flexibility index (Phi) is 5.29. The van der Waals surface area contributed by atoms with Crippen LogP contribution in [0.25, 0.3) is 15.7 Å². The Balaban J connectivity index is 1.55. The second-order valence-corrected chi connectivity index (χ2v) is 9.42. The molecule has 0 saturated carbocycles. The minimum absolute atomic E-state index is 0.134. The lowest BCUT2D eigenvalue weighted by Gasteiger charge is -2.13. The molecule has 4 rings (SSSR count). The van der Waals surface area contributed by atoms with Crippen molar-refractivity contribution in [2.24, 2.45) is 0 Å². The van der Waals surface area contributed by atoms with Crippen molar-refractivity contribution in [2.75, 3.05) is 5.32 Å². The lowest BCUT2D eigenvalue weighted by Crippen LogP contribution is -2.17. The summed E-state index contributed by atoms with van der Waals surface area (Å²) in [4.78, 5) is 22.8. The molecule has 0 aliphatic heterocycles. The summed E-state index contributed by atoms with van der Waals surface area (Å²) in [5.41, 5.74) is 1.49. The van der Waals surface area contributed by atoms with E-state index in [2.05, 4.69) is 41.2 Å². The van der Waals surface area contributed by atoms with E-state index in [0.29, 0.717) is 11.6 Å². The minimum Gasteiger partial charge on any atom is -0.310 e. The predicted octanol–water partition coefficient (Wildman–Crippen LogP) is 4.93. The molecule has 0 fully saturated rings. The maximum atomic E-state index is 12.7. The van der Waals surface area contributed by atoms with Crippen molar-refractivity contribution in [3.8, 4) is 15.7 Å². The number of pyridine rings is 1. The van der Waals surface area contributed by atoms with Crippen molar-refractivity contribution >= 4 is 34.4 Å². The minimum atomic E-state index is -0.149. The summed E-state index contributed by atoms with van der Waals surface area (Å²) in [6, 6.07) is 11.6. The van der Waals surface area contributed by atoms with E-state index >= 15 is 0 Å². The van der Waals surface area contributed by atoms with Gasteiger partial charge < -0.3 is 5.32 Å². The van der Waals surface area contributed by atoms with E-state index in [-0.39, 0.29) is 17.7 Å². The molecule has 0 spiro atoms. The van der Waals surface area contributed by atoms with E-state index in [4.69, 9.17) is 0 Å². The second kappa shape index (κ2) is 7.88. The average Bonchev–Trinajstić information content (AvgIpc) is 3.42. The lowest BCUT2D eigenvalue weighted by molar-refractivity contribution is -0.115. The first-order chi connectivity index (χ1) is 13.9. The van der Waals surface area contributed by atoms with Gasteiger partial charge in [0.1, 0.15) is 10.8 Å². The van der Waals surface area contributed by atoms with Crippen LogP contribution in [0.3, 0.4) is 0 Å². The molecule has 148 valence electrons. The van der Waals surface area contributed by atoms with Gasteiger partial charge in [-0.1, -0.05) is 32.9 Å². The van der Waals surface area contributed by atoms with Crippen molar-refractivity contribution in [2.45, 2.75) is 32.6 Å². The number of thiazole rings is 1. The molecule has 0 radical (unpaired) electrons. The summed E-state index contributed by atoms with van der Waals surface area (Å²) in [6.45, 7) is 6.27. The van der Waals surface area contributed by atoms with Crippen molar-refractivity contribution in [3.05, 3.63) is 64.7 Å². The molecule has 0 aliphatic carbocycles. The van der Waals surface area contributed by atoms with Gasteiger partial charge in [0.2, 0.25) is 5.91 Å². The van der Waals surface area contributed by atoms with E-state index in [1.165, 1.54) is 0 Å². The molecule has 1 N–H and O–H groups in total. The molecule has 29 heavy (non-hydrogen) atoms. The smallest absolute Gasteiger partial charge is 0.231 e. The molecular formula is C21H21N5OS2. The summed E-state index contributed by atoms with van der Waals surface area (Å²) >= 11 is 3.20. The number of hydrogen-bond donors (Lipinski definition) is 1. The molecule has 8 heteroatoms. The van der Waals surface area contributed by atoms with Crippen LogP contribution in [0.4, 0.5) is 5.82 Å². The van der Waals surface area contributed by atoms with Gasteiger partial charge in [-0.15, -0.1) is 22.7 Å². The highest BCUT2D eigenvalue weighted by Gasteiger charge is 2.22. The van der Waals surface area contributed by atoms with Crippen molar-refractivity contribution in [1.82, 2.24) is 19.7 Å². The third kappa shape index (κ3) is 4.44. The Hall–Kier alpha value is -2.84. The van der Waals surface area contributed by atoms with E-state index in [1.807, 2.05) is 47.2 Å². The van der Waals surface area contributed by atoms with Gasteiger partial charge in [-0.05, 0) is 23.6 Å². The molecule has 0 saturated heterocycles. The molecule has 4 aromatic rings. The van der Waals surface area contributed by atoms with Gasteiger partial charge in [-0.3, -0.25) is 4.79 Å². The second-order valence-electron chi connectivity index (χ2n) is 7.61. The van der Waals surface area contributed by atoms with Crippen LogP contribution in [-0.4, -0.2) is 25.7 Å². The van der Waals surface area contributed by atoms with E-state index < -0.39 is 0 Å². The zero-order chi connectivity index (χ0) is 20.4. The molecule has 0 aromatic carbocycles. The summed E-state index contributed by atoms with van der Waals surface area (Å²) < 4.78 is 1.68. The quantitative estimate of drug-likeness (QED) is 0.494. The van der Waals surface area contributed by atoms with Gasteiger partial charge in [-0.2, -0.15) is 9.78 Å². The summed E-state index contributed by atoms with van der Waals surface area (Å²) in [5.74, 6) is 1.13. The van der Waals surface area contributed by atoms with Gasteiger partial charge in [0.25, 0.3) is 0 Å². The van der Waals surface area contributed by atoms with E-state index in [1.54, 1.807) is 33.6 Å². The number of carbonyl (C=O) groups is 1. The number of aromatic nitrogens is 4. The number of amides is 1. The monoisotopic (exact) mass is 423 g/mol. The average molecular weight is 424 g/mol. The summed E-state index contributed by atoms with van der Waals surface area (Å²) in [7, 11) is 0. The highest BCUT2D eigenvalue weighted by atomic mass is 32.1. The van der Waals surface area contributed by atoms with Crippen LogP contribution in [0.15, 0.2) is 53.4 Å². The van der Waals surface area contributed by atoms with Crippen LogP contribution < -0.4 is 5.32 Å². The topological polar surface area (TPSA) is 72.7 Å². The highest BCUT2D eigenvalue weighted by molar-refractivity contribution is 7.20. The summed E-state index contributed by atoms with van der Waals surface area (Å²) in [5, 5.41) is 12.6.